The molecule has 0 unspecified atom stereocenters. The van der Waals surface area contributed by atoms with E-state index in [1.54, 1.807) is 0 Å². The molecule has 0 amide bonds. The number of hydrogen-bond donors (Lipinski definition) is 3. The first-order valence-corrected chi connectivity index (χ1v) is 13.4. The molecule has 4 aromatic rings. The SMILES string of the molecule is Cc1noc(C)c1-c1ccc2nc(/C(C=N)=C/NCCN3CCOCC3)nc(NCc3cccc(Cl)c3)c2c1. The van der Waals surface area contributed by atoms with Crippen molar-refractivity contribution >= 4 is 40.1 Å². The monoisotopic (exact) mass is 545 g/mol. The highest BCUT2D eigenvalue weighted by atomic mass is 35.5. The Morgan fingerprint density at radius 3 is 2.72 bits per heavy atom. The van der Waals surface area contributed by atoms with Crippen LogP contribution in [-0.4, -0.2) is 65.6 Å². The molecule has 3 N–H and O–H groups in total. The van der Waals surface area contributed by atoms with Crippen LogP contribution >= 0.6 is 11.6 Å². The molecule has 1 aliphatic rings. The maximum Gasteiger partial charge on any atom is 0.165 e. The second-order valence-corrected chi connectivity index (χ2v) is 9.90. The van der Waals surface area contributed by atoms with Gasteiger partial charge in [-0.3, -0.25) is 4.90 Å². The molecule has 0 bridgehead atoms. The number of fused-ring (bicyclic) bond motifs is 1. The van der Waals surface area contributed by atoms with Crippen LogP contribution < -0.4 is 10.6 Å². The summed E-state index contributed by atoms with van der Waals surface area (Å²) >= 11 is 6.21. The molecule has 0 saturated carbocycles. The van der Waals surface area contributed by atoms with E-state index in [0.717, 1.165) is 78.4 Å². The molecule has 10 heteroatoms. The fourth-order valence-corrected chi connectivity index (χ4v) is 4.89. The fourth-order valence-electron chi connectivity index (χ4n) is 4.68. The molecule has 1 saturated heterocycles. The molecule has 2 aromatic carbocycles. The van der Waals surface area contributed by atoms with E-state index in [1.165, 1.54) is 6.21 Å². The van der Waals surface area contributed by atoms with Crippen LogP contribution in [-0.2, 0) is 11.3 Å². The highest BCUT2D eigenvalue weighted by Gasteiger charge is 2.16. The quantitative estimate of drug-likeness (QED) is 0.187. The predicted octanol–water partition coefficient (Wildman–Crippen LogP) is 5.08. The Morgan fingerprint density at radius 2 is 1.97 bits per heavy atom. The average Bonchev–Trinajstić information content (AvgIpc) is 3.29. The molecule has 5 rings (SSSR count). The molecule has 1 aliphatic heterocycles. The first-order valence-electron chi connectivity index (χ1n) is 13.0. The number of hydrogen-bond acceptors (Lipinski definition) is 9. The summed E-state index contributed by atoms with van der Waals surface area (Å²) in [5.74, 6) is 1.90. The van der Waals surface area contributed by atoms with E-state index in [4.69, 9.17) is 36.2 Å². The maximum absolute atomic E-state index is 8.05. The fraction of sp³-hybridized carbons (Fsp3) is 0.310. The average molecular weight is 546 g/mol. The van der Waals surface area contributed by atoms with Crippen molar-refractivity contribution in [3.8, 4) is 11.1 Å². The van der Waals surface area contributed by atoms with E-state index in [2.05, 4.69) is 26.8 Å². The van der Waals surface area contributed by atoms with Crippen molar-refractivity contribution in [2.24, 2.45) is 0 Å². The standard InChI is InChI=1S/C29H32ClN7O2/c1-19-27(20(2)39-36-19)22-6-7-26-25(15-22)29(33-17-21-4-3-5-24(30)14-21)35-28(34-26)23(16-31)18-32-8-9-37-10-12-38-13-11-37/h3-7,14-16,18,31-32H,8-13,17H2,1-2H3,(H,33,34,35)/b23-18+,31-16?. The number of rotatable bonds is 10. The van der Waals surface area contributed by atoms with Crippen molar-refractivity contribution in [3.05, 3.63) is 76.5 Å². The minimum atomic E-state index is 0.468. The summed E-state index contributed by atoms with van der Waals surface area (Å²) in [6, 6.07) is 13.8. The third-order valence-corrected chi connectivity index (χ3v) is 6.95. The molecule has 3 heterocycles. The van der Waals surface area contributed by atoms with Crippen molar-refractivity contribution < 1.29 is 9.26 Å². The molecule has 0 aliphatic carbocycles. The van der Waals surface area contributed by atoms with Crippen molar-refractivity contribution in [1.29, 1.82) is 5.41 Å². The number of aryl methyl sites for hydroxylation is 2. The van der Waals surface area contributed by atoms with E-state index in [9.17, 15) is 0 Å². The number of nitrogens with zero attached hydrogens (tertiary/aromatic N) is 4. The van der Waals surface area contributed by atoms with Gasteiger partial charge in [-0.05, 0) is 49.2 Å². The van der Waals surface area contributed by atoms with Gasteiger partial charge in [-0.2, -0.15) is 0 Å². The Hall–Kier alpha value is -3.79. The van der Waals surface area contributed by atoms with Crippen LogP contribution in [0.2, 0.25) is 5.02 Å². The number of allylic oxidation sites excluding steroid dienone is 1. The summed E-state index contributed by atoms with van der Waals surface area (Å²) in [5.41, 5.74) is 5.17. The second-order valence-electron chi connectivity index (χ2n) is 9.46. The Labute approximate surface area is 232 Å². The lowest BCUT2D eigenvalue weighted by Gasteiger charge is -2.26. The van der Waals surface area contributed by atoms with Gasteiger partial charge in [0.25, 0.3) is 0 Å². The van der Waals surface area contributed by atoms with Crippen molar-refractivity contribution in [1.82, 2.24) is 25.3 Å². The number of morpholine rings is 1. The third kappa shape index (κ3) is 6.44. The van der Waals surface area contributed by atoms with Crippen LogP contribution in [0.4, 0.5) is 5.82 Å². The number of anilines is 1. The minimum Gasteiger partial charge on any atom is -0.389 e. The molecule has 1 fully saturated rings. The normalized spacial score (nSPS) is 14.5. The van der Waals surface area contributed by atoms with Gasteiger partial charge in [0, 0.05) is 61.1 Å². The van der Waals surface area contributed by atoms with Crippen LogP contribution in [0.1, 0.15) is 22.8 Å². The van der Waals surface area contributed by atoms with E-state index >= 15 is 0 Å². The highest BCUT2D eigenvalue weighted by Crippen LogP contribution is 2.32. The van der Waals surface area contributed by atoms with Crippen LogP contribution in [0, 0.1) is 19.3 Å². The molecular formula is C29H32ClN7O2. The van der Waals surface area contributed by atoms with Gasteiger partial charge in [-0.1, -0.05) is 35.0 Å². The summed E-state index contributed by atoms with van der Waals surface area (Å²) in [6.07, 6.45) is 3.09. The minimum absolute atomic E-state index is 0.468. The lowest BCUT2D eigenvalue weighted by molar-refractivity contribution is 0.0388. The molecule has 39 heavy (non-hydrogen) atoms. The van der Waals surface area contributed by atoms with Gasteiger partial charge < -0.3 is 25.3 Å². The molecule has 0 atom stereocenters. The van der Waals surface area contributed by atoms with E-state index in [-0.39, 0.29) is 0 Å². The van der Waals surface area contributed by atoms with Crippen LogP contribution in [0.5, 0.6) is 0 Å². The Morgan fingerprint density at radius 1 is 1.13 bits per heavy atom. The predicted molar refractivity (Wildman–Crippen MR) is 155 cm³/mol. The molecule has 2 aromatic heterocycles. The molecule has 202 valence electrons. The van der Waals surface area contributed by atoms with Gasteiger partial charge >= 0.3 is 0 Å². The van der Waals surface area contributed by atoms with Crippen LogP contribution in [0.25, 0.3) is 27.6 Å². The Kier molecular flexibility index (Phi) is 8.51. The topological polar surface area (TPSA) is 112 Å². The van der Waals surface area contributed by atoms with Crippen molar-refractivity contribution in [3.63, 3.8) is 0 Å². The number of nitrogens with one attached hydrogen (secondary N) is 3. The van der Waals surface area contributed by atoms with Gasteiger partial charge in [0.05, 0.1) is 30.0 Å². The first kappa shape index (κ1) is 26.8. The van der Waals surface area contributed by atoms with Crippen molar-refractivity contribution in [2.45, 2.75) is 20.4 Å². The Bertz CT molecular complexity index is 1480. The lowest BCUT2D eigenvalue weighted by Crippen LogP contribution is -2.39. The number of aromatic nitrogens is 3. The van der Waals surface area contributed by atoms with Gasteiger partial charge in [0.1, 0.15) is 11.6 Å². The lowest BCUT2D eigenvalue weighted by atomic mass is 10.0. The van der Waals surface area contributed by atoms with Gasteiger partial charge in [0.2, 0.25) is 0 Å². The smallest absolute Gasteiger partial charge is 0.165 e. The Balaban J connectivity index is 1.46. The molecular weight excluding hydrogens is 514 g/mol. The van der Waals surface area contributed by atoms with E-state index < -0.39 is 0 Å². The van der Waals surface area contributed by atoms with Crippen molar-refractivity contribution in [2.75, 3.05) is 44.7 Å². The van der Waals surface area contributed by atoms with Crippen LogP contribution in [0.3, 0.4) is 0 Å². The third-order valence-electron chi connectivity index (χ3n) is 6.71. The molecule has 0 spiro atoms. The second kappa shape index (κ2) is 12.4. The summed E-state index contributed by atoms with van der Waals surface area (Å²) < 4.78 is 10.8. The zero-order valence-corrected chi connectivity index (χ0v) is 22.9. The van der Waals surface area contributed by atoms with E-state index in [1.807, 2.05) is 56.4 Å². The highest BCUT2D eigenvalue weighted by molar-refractivity contribution is 6.30. The number of halogens is 1. The first-order chi connectivity index (χ1) is 19.0. The molecule has 9 nitrogen and oxygen atoms in total. The summed E-state index contributed by atoms with van der Waals surface area (Å²) in [7, 11) is 0. The number of ether oxygens (including phenoxy) is 1. The zero-order chi connectivity index (χ0) is 27.2. The van der Waals surface area contributed by atoms with Crippen LogP contribution in [0.15, 0.2) is 53.2 Å². The van der Waals surface area contributed by atoms with Gasteiger partial charge in [-0.25, -0.2) is 9.97 Å². The summed E-state index contributed by atoms with van der Waals surface area (Å²) in [4.78, 5) is 12.0. The number of benzene rings is 2. The summed E-state index contributed by atoms with van der Waals surface area (Å²) in [6.45, 7) is 9.45. The molecule has 0 radical (unpaired) electrons. The maximum atomic E-state index is 8.05. The van der Waals surface area contributed by atoms with Gasteiger partial charge in [-0.15, -0.1) is 0 Å². The largest absolute Gasteiger partial charge is 0.389 e. The summed E-state index contributed by atoms with van der Waals surface area (Å²) in [5, 5.41) is 20.5. The van der Waals surface area contributed by atoms with E-state index in [0.29, 0.717) is 28.8 Å². The van der Waals surface area contributed by atoms with Gasteiger partial charge in [0.15, 0.2) is 5.82 Å². The zero-order valence-electron chi connectivity index (χ0n) is 22.1.